The molecule has 0 aliphatic carbocycles. The van der Waals surface area contributed by atoms with Crippen molar-refractivity contribution in [3.05, 3.63) is 0 Å². The van der Waals surface area contributed by atoms with E-state index in [0.717, 1.165) is 25.9 Å². The number of nitrogens with zero attached hydrogens (tertiary/aromatic N) is 1. The second-order valence-electron chi connectivity index (χ2n) is 4.77. The monoisotopic (exact) mass is 214 g/mol. The molecule has 1 amide bonds. The number of amides is 1. The fourth-order valence-electron chi connectivity index (χ4n) is 1.66. The fraction of sp³-hybridized carbons (Fsp3) is 0.909. The number of carbonyl (C=O) groups excluding carboxylic acids is 1. The predicted molar refractivity (Wildman–Crippen MR) is 59.7 cm³/mol. The van der Waals surface area contributed by atoms with Gasteiger partial charge in [-0.15, -0.1) is 0 Å². The maximum Gasteiger partial charge on any atom is 0.239 e. The maximum absolute atomic E-state index is 11.6. The molecule has 15 heavy (non-hydrogen) atoms. The molecule has 1 aliphatic rings. The molecule has 0 aromatic carbocycles. The van der Waals surface area contributed by atoms with Gasteiger partial charge in [-0.1, -0.05) is 0 Å². The van der Waals surface area contributed by atoms with E-state index in [-0.39, 0.29) is 17.6 Å². The van der Waals surface area contributed by atoms with E-state index in [2.05, 4.69) is 19.2 Å². The van der Waals surface area contributed by atoms with Gasteiger partial charge in [0.05, 0.1) is 11.6 Å². The van der Waals surface area contributed by atoms with Crippen LogP contribution in [0.15, 0.2) is 0 Å². The molecule has 4 heteroatoms. The third-order valence-electron chi connectivity index (χ3n) is 3.10. The van der Waals surface area contributed by atoms with Gasteiger partial charge in [0.25, 0.3) is 0 Å². The summed E-state index contributed by atoms with van der Waals surface area (Å²) in [5, 5.41) is 3.28. The van der Waals surface area contributed by atoms with Crippen molar-refractivity contribution < 1.29 is 9.53 Å². The van der Waals surface area contributed by atoms with Gasteiger partial charge in [-0.3, -0.25) is 4.79 Å². The van der Waals surface area contributed by atoms with Crippen molar-refractivity contribution in [1.82, 2.24) is 10.2 Å². The third kappa shape index (κ3) is 3.47. The quantitative estimate of drug-likeness (QED) is 0.729. The molecular formula is C11H22N2O2. The summed E-state index contributed by atoms with van der Waals surface area (Å²) in [6.45, 7) is 5.80. The summed E-state index contributed by atoms with van der Waals surface area (Å²) >= 11 is 0. The van der Waals surface area contributed by atoms with E-state index in [1.54, 1.807) is 12.0 Å². The smallest absolute Gasteiger partial charge is 0.239 e. The van der Waals surface area contributed by atoms with Crippen molar-refractivity contribution in [2.45, 2.75) is 38.3 Å². The van der Waals surface area contributed by atoms with Crippen LogP contribution in [-0.4, -0.2) is 49.7 Å². The van der Waals surface area contributed by atoms with Gasteiger partial charge in [0, 0.05) is 20.7 Å². The lowest BCUT2D eigenvalue weighted by atomic mass is 10.1. The summed E-state index contributed by atoms with van der Waals surface area (Å²) in [5.41, 5.74) is -0.111. The third-order valence-corrected chi connectivity index (χ3v) is 3.10. The van der Waals surface area contributed by atoms with Crippen LogP contribution in [0.1, 0.15) is 26.7 Å². The molecule has 1 atom stereocenters. The molecule has 0 aromatic heterocycles. The first-order chi connectivity index (χ1) is 6.96. The highest BCUT2D eigenvalue weighted by Gasteiger charge is 2.28. The molecule has 0 spiro atoms. The Bertz CT molecular complexity index is 229. The zero-order chi connectivity index (χ0) is 11.5. The second-order valence-corrected chi connectivity index (χ2v) is 4.77. The molecule has 0 aromatic rings. The molecule has 0 saturated carbocycles. The van der Waals surface area contributed by atoms with Gasteiger partial charge in [-0.25, -0.2) is 0 Å². The van der Waals surface area contributed by atoms with Crippen molar-refractivity contribution >= 4 is 5.91 Å². The topological polar surface area (TPSA) is 41.6 Å². The lowest BCUT2D eigenvalue weighted by molar-refractivity contribution is -0.128. The van der Waals surface area contributed by atoms with Crippen LogP contribution in [0, 0.1) is 0 Å². The Morgan fingerprint density at radius 3 is 2.73 bits per heavy atom. The first kappa shape index (κ1) is 12.5. The summed E-state index contributed by atoms with van der Waals surface area (Å²) in [4.78, 5) is 13.3. The first-order valence-electron chi connectivity index (χ1n) is 5.50. The molecule has 1 unspecified atom stereocenters. The van der Waals surface area contributed by atoms with Gasteiger partial charge in [0.15, 0.2) is 0 Å². The van der Waals surface area contributed by atoms with E-state index < -0.39 is 0 Å². The highest BCUT2D eigenvalue weighted by molar-refractivity contribution is 5.83. The highest BCUT2D eigenvalue weighted by atomic mass is 16.5. The number of likely N-dealkylation sites (tertiary alicyclic amines) is 1. The Morgan fingerprint density at radius 2 is 2.27 bits per heavy atom. The van der Waals surface area contributed by atoms with Gasteiger partial charge in [-0.05, 0) is 33.2 Å². The van der Waals surface area contributed by atoms with Crippen LogP contribution in [0.4, 0.5) is 0 Å². The average Bonchev–Trinajstić information content (AvgIpc) is 2.49. The van der Waals surface area contributed by atoms with E-state index >= 15 is 0 Å². The Morgan fingerprint density at radius 1 is 1.60 bits per heavy atom. The minimum atomic E-state index is -0.111. The van der Waals surface area contributed by atoms with Crippen LogP contribution in [0.2, 0.25) is 0 Å². The van der Waals surface area contributed by atoms with Crippen molar-refractivity contribution in [2.75, 3.05) is 27.2 Å². The van der Waals surface area contributed by atoms with Crippen molar-refractivity contribution in [3.63, 3.8) is 0 Å². The summed E-state index contributed by atoms with van der Waals surface area (Å²) in [7, 11) is 3.57. The normalized spacial score (nSPS) is 22.5. The van der Waals surface area contributed by atoms with Crippen LogP contribution in [0.5, 0.6) is 0 Å². The minimum Gasteiger partial charge on any atom is -0.379 e. The molecular weight excluding hydrogens is 192 g/mol. The summed E-state index contributed by atoms with van der Waals surface area (Å²) in [6.07, 6.45) is 1.83. The SMILES string of the molecule is COC(C)(C)CCNC1CCN(C)C1=O. The Balaban J connectivity index is 2.24. The van der Waals surface area contributed by atoms with E-state index in [1.807, 2.05) is 7.05 Å². The van der Waals surface area contributed by atoms with Crippen molar-refractivity contribution in [1.29, 1.82) is 0 Å². The summed E-state index contributed by atoms with van der Waals surface area (Å²) < 4.78 is 5.31. The molecule has 0 bridgehead atoms. The number of methoxy groups -OCH3 is 1. The zero-order valence-corrected chi connectivity index (χ0v) is 10.2. The number of rotatable bonds is 5. The molecule has 0 radical (unpaired) electrons. The lowest BCUT2D eigenvalue weighted by Crippen LogP contribution is -2.39. The molecule has 88 valence electrons. The first-order valence-corrected chi connectivity index (χ1v) is 5.50. The average molecular weight is 214 g/mol. The second kappa shape index (κ2) is 4.94. The van der Waals surface area contributed by atoms with Gasteiger partial charge >= 0.3 is 0 Å². The van der Waals surface area contributed by atoms with E-state index in [1.165, 1.54) is 0 Å². The largest absolute Gasteiger partial charge is 0.379 e. The van der Waals surface area contributed by atoms with Gasteiger partial charge in [0.1, 0.15) is 0 Å². The molecule has 1 rings (SSSR count). The Labute approximate surface area is 92.0 Å². The van der Waals surface area contributed by atoms with Crippen LogP contribution in [0.3, 0.4) is 0 Å². The maximum atomic E-state index is 11.6. The van der Waals surface area contributed by atoms with Crippen molar-refractivity contribution in [3.8, 4) is 0 Å². The minimum absolute atomic E-state index is 0.0163. The predicted octanol–water partition coefficient (Wildman–Crippen LogP) is 0.622. The molecule has 1 aliphatic heterocycles. The van der Waals surface area contributed by atoms with Crippen LogP contribution >= 0.6 is 0 Å². The number of carbonyl (C=O) groups is 1. The number of nitrogens with one attached hydrogen (secondary N) is 1. The zero-order valence-electron chi connectivity index (χ0n) is 10.2. The lowest BCUT2D eigenvalue weighted by Gasteiger charge is -2.23. The molecule has 1 fully saturated rings. The van der Waals surface area contributed by atoms with Gasteiger partial charge in [0.2, 0.25) is 5.91 Å². The standard InChI is InChI=1S/C11H22N2O2/c1-11(2,15-4)6-7-12-9-5-8-13(3)10(9)14/h9,12H,5-8H2,1-4H3. The molecule has 1 saturated heterocycles. The molecule has 1 N–H and O–H groups in total. The van der Waals surface area contributed by atoms with E-state index in [4.69, 9.17) is 4.74 Å². The van der Waals surface area contributed by atoms with Gasteiger partial charge in [-0.2, -0.15) is 0 Å². The van der Waals surface area contributed by atoms with Crippen LogP contribution < -0.4 is 5.32 Å². The van der Waals surface area contributed by atoms with Crippen LogP contribution in [0.25, 0.3) is 0 Å². The van der Waals surface area contributed by atoms with Crippen molar-refractivity contribution in [2.24, 2.45) is 0 Å². The van der Waals surface area contributed by atoms with E-state index in [0.29, 0.717) is 0 Å². The Hall–Kier alpha value is -0.610. The molecule has 4 nitrogen and oxygen atoms in total. The van der Waals surface area contributed by atoms with Crippen LogP contribution in [-0.2, 0) is 9.53 Å². The summed E-state index contributed by atoms with van der Waals surface area (Å²) in [6, 6.07) is 0.0163. The van der Waals surface area contributed by atoms with E-state index in [9.17, 15) is 4.79 Å². The fourth-order valence-corrected chi connectivity index (χ4v) is 1.66. The van der Waals surface area contributed by atoms with Gasteiger partial charge < -0.3 is 15.0 Å². The number of ether oxygens (including phenoxy) is 1. The summed E-state index contributed by atoms with van der Waals surface area (Å²) in [5.74, 6) is 0.213. The highest BCUT2D eigenvalue weighted by Crippen LogP contribution is 2.13. The Kier molecular flexibility index (Phi) is 4.11. The molecule has 1 heterocycles. The number of hydrogen-bond acceptors (Lipinski definition) is 3. The number of hydrogen-bond donors (Lipinski definition) is 1. The number of likely N-dealkylation sites (N-methyl/N-ethyl adjacent to an activating group) is 1.